The number of carbonyl (C=O) groups is 3. The van der Waals surface area contributed by atoms with Gasteiger partial charge < -0.3 is 19.8 Å². The van der Waals surface area contributed by atoms with Gasteiger partial charge in [-0.05, 0) is 61.6 Å². The highest BCUT2D eigenvalue weighted by atomic mass is 19.4. The van der Waals surface area contributed by atoms with Crippen molar-refractivity contribution in [1.82, 2.24) is 14.7 Å². The predicted octanol–water partition coefficient (Wildman–Crippen LogP) is 5.11. The fourth-order valence-corrected chi connectivity index (χ4v) is 6.23. The molecule has 1 saturated carbocycles. The van der Waals surface area contributed by atoms with Crippen LogP contribution in [0.15, 0.2) is 42.5 Å². The minimum Gasteiger partial charge on any atom is -0.380 e. The Morgan fingerprint density at radius 3 is 1.89 bits per heavy atom. The van der Waals surface area contributed by atoms with Gasteiger partial charge in [-0.1, -0.05) is 12.1 Å². The van der Waals surface area contributed by atoms with Crippen LogP contribution in [0.25, 0.3) is 0 Å². The zero-order valence-corrected chi connectivity index (χ0v) is 25.0. The molecule has 3 aliphatic rings. The van der Waals surface area contributed by atoms with E-state index in [0.29, 0.717) is 48.3 Å². The van der Waals surface area contributed by atoms with E-state index in [9.17, 15) is 50.2 Å². The van der Waals surface area contributed by atoms with Crippen molar-refractivity contribution in [2.45, 2.75) is 55.6 Å². The maximum absolute atomic E-state index is 13.8. The van der Waals surface area contributed by atoms with Gasteiger partial charge in [0.15, 0.2) is 0 Å². The van der Waals surface area contributed by atoms with Crippen molar-refractivity contribution in [2.75, 3.05) is 45.2 Å². The lowest BCUT2D eigenvalue weighted by Gasteiger charge is -2.34. The summed E-state index contributed by atoms with van der Waals surface area (Å²) in [5, 5.41) is 10.2. The van der Waals surface area contributed by atoms with Crippen LogP contribution in [0.1, 0.15) is 48.3 Å². The van der Waals surface area contributed by atoms with Gasteiger partial charge in [-0.15, -0.1) is 0 Å². The van der Waals surface area contributed by atoms with Crippen LogP contribution in [-0.2, 0) is 21.9 Å². The second-order valence-electron chi connectivity index (χ2n) is 12.3. The molecule has 0 aromatic heterocycles. The van der Waals surface area contributed by atoms with Gasteiger partial charge >= 0.3 is 18.4 Å². The molecule has 1 aliphatic carbocycles. The van der Waals surface area contributed by atoms with E-state index in [1.807, 2.05) is 0 Å². The Morgan fingerprint density at radius 1 is 0.848 bits per heavy atom. The number of likely N-dealkylation sites (N-methyl/N-ethyl adjacent to an activating group) is 1. The molecule has 2 aromatic carbocycles. The summed E-state index contributed by atoms with van der Waals surface area (Å²) in [5.74, 6) is -2.08. The molecule has 3 fully saturated rings. The quantitative estimate of drug-likeness (QED) is 0.453. The summed E-state index contributed by atoms with van der Waals surface area (Å²) in [6.45, 7) is 0.704. The molecule has 250 valence electrons. The maximum Gasteiger partial charge on any atom is 0.416 e. The smallest absolute Gasteiger partial charge is 0.380 e. The van der Waals surface area contributed by atoms with Crippen molar-refractivity contribution in [1.29, 1.82) is 0 Å². The summed E-state index contributed by atoms with van der Waals surface area (Å²) < 4.78 is 94.7. The van der Waals surface area contributed by atoms with E-state index in [0.717, 1.165) is 7.05 Å². The monoisotopic (exact) mass is 658 g/mol. The first-order chi connectivity index (χ1) is 21.4. The van der Waals surface area contributed by atoms with E-state index < -0.39 is 64.5 Å². The summed E-state index contributed by atoms with van der Waals surface area (Å²) in [5.41, 5.74) is -4.49. The second-order valence-corrected chi connectivity index (χ2v) is 12.3. The number of benzene rings is 2. The molecule has 46 heavy (non-hydrogen) atoms. The molecular weight excluding hydrogens is 625 g/mol. The van der Waals surface area contributed by atoms with Crippen LogP contribution < -0.4 is 4.90 Å². The highest BCUT2D eigenvalue weighted by Gasteiger charge is 2.51. The van der Waals surface area contributed by atoms with Crippen LogP contribution in [0, 0.1) is 11.7 Å². The van der Waals surface area contributed by atoms with E-state index in [1.54, 1.807) is 9.80 Å². The summed E-state index contributed by atoms with van der Waals surface area (Å²) in [4.78, 5) is 44.7. The number of rotatable bonds is 5. The third-order valence-electron chi connectivity index (χ3n) is 9.20. The standard InChI is InChI=1S/C31H33F7N4O4/c1-39(23-14-20(30(33,34)35)13-21(15-23)31(36,37)38)28(45)40(2)25-17-42(16-24(25)18-3-5-22(32)6-4-18)26(43)19-7-11-41(12-8-19)27(44)29(46)9-10-29/h3-6,13-15,19,24-25,46H,7-12,16-17H2,1-2H3/t24-,25+/m0/s1. The topological polar surface area (TPSA) is 84.4 Å². The molecule has 2 aliphatic heterocycles. The average molecular weight is 659 g/mol. The van der Waals surface area contributed by atoms with Crippen molar-refractivity contribution in [3.63, 3.8) is 0 Å². The predicted molar refractivity (Wildman–Crippen MR) is 151 cm³/mol. The molecule has 2 atom stereocenters. The molecule has 2 saturated heterocycles. The van der Waals surface area contributed by atoms with E-state index in [2.05, 4.69) is 0 Å². The first-order valence-electron chi connectivity index (χ1n) is 14.7. The number of piperidine rings is 1. The normalized spacial score (nSPS) is 21.7. The molecular formula is C31H33F7N4O4. The average Bonchev–Trinajstić information content (AvgIpc) is 3.61. The lowest BCUT2D eigenvalue weighted by atomic mass is 9.93. The molecule has 15 heteroatoms. The Balaban J connectivity index is 1.36. The molecule has 2 heterocycles. The SMILES string of the molecule is CN(C(=O)N(C)[C@@H]1CN(C(=O)C2CCN(C(=O)C3(O)CC3)CC2)C[C@H]1c1ccc(F)cc1)c1cc(C(F)(F)F)cc(C(F)(F)F)c1. The van der Waals surface area contributed by atoms with E-state index in [1.165, 1.54) is 36.2 Å². The summed E-state index contributed by atoms with van der Waals surface area (Å²) >= 11 is 0. The fourth-order valence-electron chi connectivity index (χ4n) is 6.23. The lowest BCUT2D eigenvalue weighted by Crippen LogP contribution is -2.49. The summed E-state index contributed by atoms with van der Waals surface area (Å²) in [6, 6.07) is 4.65. The highest BCUT2D eigenvalue weighted by Crippen LogP contribution is 2.40. The van der Waals surface area contributed by atoms with Crippen molar-refractivity contribution in [2.24, 2.45) is 5.92 Å². The van der Waals surface area contributed by atoms with Crippen molar-refractivity contribution >= 4 is 23.5 Å². The van der Waals surface area contributed by atoms with Gasteiger partial charge in [0.2, 0.25) is 5.91 Å². The van der Waals surface area contributed by atoms with Crippen LogP contribution in [0.3, 0.4) is 0 Å². The Morgan fingerprint density at radius 2 is 1.39 bits per heavy atom. The number of halogens is 7. The summed E-state index contributed by atoms with van der Waals surface area (Å²) in [6.07, 6.45) is -8.68. The molecule has 0 unspecified atom stereocenters. The number of alkyl halides is 6. The number of anilines is 1. The minimum atomic E-state index is -5.10. The van der Waals surface area contributed by atoms with Gasteiger partial charge in [-0.2, -0.15) is 26.3 Å². The van der Waals surface area contributed by atoms with Crippen molar-refractivity contribution < 1.29 is 50.2 Å². The van der Waals surface area contributed by atoms with E-state index in [-0.39, 0.29) is 44.1 Å². The number of aliphatic hydroxyl groups is 1. The van der Waals surface area contributed by atoms with E-state index in [4.69, 9.17) is 0 Å². The number of carbonyl (C=O) groups excluding carboxylic acids is 3. The molecule has 5 rings (SSSR count). The van der Waals surface area contributed by atoms with Crippen LogP contribution in [0.4, 0.5) is 41.2 Å². The van der Waals surface area contributed by atoms with Crippen LogP contribution in [-0.4, -0.2) is 89.6 Å². The first kappa shape index (κ1) is 33.5. The number of nitrogens with zero attached hydrogens (tertiary/aromatic N) is 4. The Hall–Kier alpha value is -3.88. The summed E-state index contributed by atoms with van der Waals surface area (Å²) in [7, 11) is 2.41. The van der Waals surface area contributed by atoms with Gasteiger partial charge in [0.1, 0.15) is 11.4 Å². The van der Waals surface area contributed by atoms with E-state index >= 15 is 0 Å². The number of urea groups is 1. The number of hydrogen-bond donors (Lipinski definition) is 1. The molecule has 0 bridgehead atoms. The van der Waals surface area contributed by atoms with Crippen LogP contribution in [0.2, 0.25) is 0 Å². The van der Waals surface area contributed by atoms with Gasteiger partial charge in [-0.25, -0.2) is 9.18 Å². The van der Waals surface area contributed by atoms with Gasteiger partial charge in [0.05, 0.1) is 17.2 Å². The Kier molecular flexibility index (Phi) is 8.77. The van der Waals surface area contributed by atoms with Crippen LogP contribution >= 0.6 is 0 Å². The van der Waals surface area contributed by atoms with Gasteiger partial charge in [0.25, 0.3) is 5.91 Å². The third-order valence-corrected chi connectivity index (χ3v) is 9.20. The molecule has 0 radical (unpaired) electrons. The number of hydrogen-bond acceptors (Lipinski definition) is 4. The zero-order valence-electron chi connectivity index (χ0n) is 25.0. The molecule has 8 nitrogen and oxygen atoms in total. The molecule has 1 N–H and O–H groups in total. The third kappa shape index (κ3) is 6.79. The van der Waals surface area contributed by atoms with Gasteiger partial charge in [-0.3, -0.25) is 14.5 Å². The fraction of sp³-hybridized carbons (Fsp3) is 0.516. The molecule has 0 spiro atoms. The number of likely N-dealkylation sites (tertiary alicyclic amines) is 2. The second kappa shape index (κ2) is 12.0. The van der Waals surface area contributed by atoms with Crippen molar-refractivity contribution in [3.05, 3.63) is 65.0 Å². The van der Waals surface area contributed by atoms with Crippen LogP contribution in [0.5, 0.6) is 0 Å². The Bertz CT molecular complexity index is 1450. The molecule has 2 aromatic rings. The minimum absolute atomic E-state index is 0.00619. The largest absolute Gasteiger partial charge is 0.416 e. The first-order valence-corrected chi connectivity index (χ1v) is 14.7. The highest BCUT2D eigenvalue weighted by molar-refractivity contribution is 5.92. The lowest BCUT2D eigenvalue weighted by molar-refractivity contribution is -0.146. The molecule has 4 amide bonds. The van der Waals surface area contributed by atoms with Gasteiger partial charge in [0, 0.05) is 57.8 Å². The Labute approximate surface area is 260 Å². The maximum atomic E-state index is 13.8. The van der Waals surface area contributed by atoms with Crippen molar-refractivity contribution in [3.8, 4) is 0 Å². The number of amides is 4. The zero-order chi connectivity index (χ0) is 33.8.